The summed E-state index contributed by atoms with van der Waals surface area (Å²) in [6.07, 6.45) is 1.62. The fraction of sp³-hybridized carbons (Fsp3) is 0.294. The summed E-state index contributed by atoms with van der Waals surface area (Å²) in [6, 6.07) is 13.3. The van der Waals surface area contributed by atoms with Gasteiger partial charge in [0.1, 0.15) is 6.61 Å². The molecule has 3 rings (SSSR count). The average molecular weight is 334 g/mol. The molecule has 122 valence electrons. The first kappa shape index (κ1) is 17.2. The Hall–Kier alpha value is -2.11. The number of aromatic nitrogens is 1. The zero-order chi connectivity index (χ0) is 15.2. The Labute approximate surface area is 142 Å². The fourth-order valence-corrected chi connectivity index (χ4v) is 2.40. The molecule has 1 aliphatic rings. The Balaban J connectivity index is 0.00000192. The summed E-state index contributed by atoms with van der Waals surface area (Å²) in [6.45, 7) is 3.60. The van der Waals surface area contributed by atoms with Gasteiger partial charge in [-0.2, -0.15) is 0 Å². The monoisotopic (exact) mass is 333 g/mol. The standard InChI is InChI=1S/C17H19N3O2.ClH/c21-17(20-10-8-18-9-11-20)15-6-7-19-16(12-15)22-13-14-4-2-1-3-5-14;/h1-7,12,18H,8-11,13H2;1H. The van der Waals surface area contributed by atoms with Crippen molar-refractivity contribution in [2.45, 2.75) is 6.61 Å². The van der Waals surface area contributed by atoms with Crippen LogP contribution in [0, 0.1) is 0 Å². The van der Waals surface area contributed by atoms with Gasteiger partial charge in [0, 0.05) is 44.0 Å². The Morgan fingerprint density at radius 1 is 1.17 bits per heavy atom. The van der Waals surface area contributed by atoms with E-state index in [1.54, 1.807) is 18.3 Å². The summed E-state index contributed by atoms with van der Waals surface area (Å²) >= 11 is 0. The number of benzene rings is 1. The van der Waals surface area contributed by atoms with Crippen LogP contribution in [0.25, 0.3) is 0 Å². The zero-order valence-corrected chi connectivity index (χ0v) is 13.6. The van der Waals surface area contributed by atoms with Crippen molar-refractivity contribution in [1.82, 2.24) is 15.2 Å². The highest BCUT2D eigenvalue weighted by Gasteiger charge is 2.18. The Morgan fingerprint density at radius 2 is 1.91 bits per heavy atom. The lowest BCUT2D eigenvalue weighted by atomic mass is 10.2. The first-order valence-corrected chi connectivity index (χ1v) is 7.46. The quantitative estimate of drug-likeness (QED) is 0.931. The van der Waals surface area contributed by atoms with Crippen LogP contribution >= 0.6 is 12.4 Å². The van der Waals surface area contributed by atoms with E-state index in [1.807, 2.05) is 35.2 Å². The fourth-order valence-electron chi connectivity index (χ4n) is 2.40. The minimum absolute atomic E-state index is 0. The highest BCUT2D eigenvalue weighted by molar-refractivity contribution is 5.94. The minimum atomic E-state index is 0. The lowest BCUT2D eigenvalue weighted by molar-refractivity contribution is 0.0735. The van der Waals surface area contributed by atoms with E-state index in [2.05, 4.69) is 10.3 Å². The van der Waals surface area contributed by atoms with Crippen molar-refractivity contribution in [3.05, 3.63) is 59.8 Å². The van der Waals surface area contributed by atoms with Crippen molar-refractivity contribution in [2.24, 2.45) is 0 Å². The second kappa shape index (κ2) is 8.50. The largest absolute Gasteiger partial charge is 0.473 e. The van der Waals surface area contributed by atoms with E-state index < -0.39 is 0 Å². The van der Waals surface area contributed by atoms with Crippen LogP contribution in [-0.2, 0) is 6.61 Å². The molecule has 6 heteroatoms. The van der Waals surface area contributed by atoms with Crippen molar-refractivity contribution < 1.29 is 9.53 Å². The molecule has 1 aromatic carbocycles. The molecule has 2 heterocycles. The Bertz CT molecular complexity index is 631. The molecule has 0 saturated carbocycles. The zero-order valence-electron chi connectivity index (χ0n) is 12.8. The van der Waals surface area contributed by atoms with Crippen LogP contribution in [0.4, 0.5) is 0 Å². The average Bonchev–Trinajstić information content (AvgIpc) is 2.61. The van der Waals surface area contributed by atoms with Crippen molar-refractivity contribution in [3.8, 4) is 5.88 Å². The first-order valence-electron chi connectivity index (χ1n) is 7.46. The van der Waals surface area contributed by atoms with Crippen LogP contribution in [0.15, 0.2) is 48.7 Å². The van der Waals surface area contributed by atoms with Gasteiger partial charge in [-0.05, 0) is 11.6 Å². The van der Waals surface area contributed by atoms with Gasteiger partial charge in [-0.15, -0.1) is 12.4 Å². The third-order valence-electron chi connectivity index (χ3n) is 3.62. The van der Waals surface area contributed by atoms with Crippen LogP contribution in [-0.4, -0.2) is 42.0 Å². The molecule has 1 N–H and O–H groups in total. The third kappa shape index (κ3) is 4.68. The summed E-state index contributed by atoms with van der Waals surface area (Å²) in [4.78, 5) is 18.5. The van der Waals surface area contributed by atoms with Crippen LogP contribution in [0.1, 0.15) is 15.9 Å². The summed E-state index contributed by atoms with van der Waals surface area (Å²) in [5.41, 5.74) is 1.70. The van der Waals surface area contributed by atoms with Crippen molar-refractivity contribution in [3.63, 3.8) is 0 Å². The number of piperazine rings is 1. The van der Waals surface area contributed by atoms with E-state index >= 15 is 0 Å². The van der Waals surface area contributed by atoms with Crippen molar-refractivity contribution in [1.29, 1.82) is 0 Å². The highest BCUT2D eigenvalue weighted by Crippen LogP contribution is 2.14. The molecule has 0 bridgehead atoms. The molecule has 2 aromatic rings. The summed E-state index contributed by atoms with van der Waals surface area (Å²) < 4.78 is 5.68. The summed E-state index contributed by atoms with van der Waals surface area (Å²) in [5.74, 6) is 0.512. The van der Waals surface area contributed by atoms with Gasteiger partial charge in [-0.1, -0.05) is 30.3 Å². The summed E-state index contributed by atoms with van der Waals surface area (Å²) in [5, 5.41) is 3.24. The third-order valence-corrected chi connectivity index (χ3v) is 3.62. The van der Waals surface area contributed by atoms with Gasteiger partial charge in [0.2, 0.25) is 5.88 Å². The number of pyridine rings is 1. The number of carbonyl (C=O) groups excluding carboxylic acids is 1. The number of amides is 1. The number of ether oxygens (including phenoxy) is 1. The smallest absolute Gasteiger partial charge is 0.254 e. The predicted octanol–water partition coefficient (Wildman–Crippen LogP) is 2.13. The topological polar surface area (TPSA) is 54.5 Å². The second-order valence-corrected chi connectivity index (χ2v) is 5.20. The van der Waals surface area contributed by atoms with Gasteiger partial charge in [0.05, 0.1) is 0 Å². The van der Waals surface area contributed by atoms with Crippen LogP contribution in [0.5, 0.6) is 5.88 Å². The normalized spacial score (nSPS) is 14.0. The molecule has 1 aromatic heterocycles. The van der Waals surface area contributed by atoms with E-state index in [1.165, 1.54) is 0 Å². The van der Waals surface area contributed by atoms with Crippen LogP contribution in [0.2, 0.25) is 0 Å². The van der Waals surface area contributed by atoms with Gasteiger partial charge >= 0.3 is 0 Å². The number of halogens is 1. The molecule has 0 radical (unpaired) electrons. The van der Waals surface area contributed by atoms with Gasteiger partial charge in [-0.3, -0.25) is 4.79 Å². The van der Waals surface area contributed by atoms with E-state index in [0.29, 0.717) is 18.1 Å². The molecule has 0 atom stereocenters. The molecule has 1 aliphatic heterocycles. The predicted molar refractivity (Wildman–Crippen MR) is 91.0 cm³/mol. The maximum atomic E-state index is 12.4. The maximum Gasteiger partial charge on any atom is 0.254 e. The number of carbonyl (C=O) groups is 1. The molecule has 5 nitrogen and oxygen atoms in total. The van der Waals surface area contributed by atoms with E-state index in [0.717, 1.165) is 31.7 Å². The molecule has 1 saturated heterocycles. The number of nitrogens with zero attached hydrogens (tertiary/aromatic N) is 2. The lowest BCUT2D eigenvalue weighted by Crippen LogP contribution is -2.46. The van der Waals surface area contributed by atoms with Gasteiger partial charge < -0.3 is 15.0 Å². The maximum absolute atomic E-state index is 12.4. The number of hydrogen-bond acceptors (Lipinski definition) is 4. The SMILES string of the molecule is Cl.O=C(c1ccnc(OCc2ccccc2)c1)N1CCNCC1. The van der Waals surface area contributed by atoms with Crippen molar-refractivity contribution >= 4 is 18.3 Å². The lowest BCUT2D eigenvalue weighted by Gasteiger charge is -2.27. The molecular formula is C17H20ClN3O2. The number of hydrogen-bond donors (Lipinski definition) is 1. The molecule has 1 fully saturated rings. The second-order valence-electron chi connectivity index (χ2n) is 5.20. The van der Waals surface area contributed by atoms with Gasteiger partial charge in [0.15, 0.2) is 0 Å². The van der Waals surface area contributed by atoms with E-state index in [9.17, 15) is 4.79 Å². The van der Waals surface area contributed by atoms with Gasteiger partial charge in [0.25, 0.3) is 5.91 Å². The molecule has 0 unspecified atom stereocenters. The molecule has 0 spiro atoms. The number of nitrogens with one attached hydrogen (secondary N) is 1. The Kier molecular flexibility index (Phi) is 6.38. The highest BCUT2D eigenvalue weighted by atomic mass is 35.5. The van der Waals surface area contributed by atoms with Crippen molar-refractivity contribution in [2.75, 3.05) is 26.2 Å². The Morgan fingerprint density at radius 3 is 2.65 bits per heavy atom. The van der Waals surface area contributed by atoms with Crippen LogP contribution in [0.3, 0.4) is 0 Å². The molecular weight excluding hydrogens is 314 g/mol. The van der Waals surface area contributed by atoms with E-state index in [4.69, 9.17) is 4.74 Å². The van der Waals surface area contributed by atoms with Gasteiger partial charge in [-0.25, -0.2) is 4.98 Å². The molecule has 23 heavy (non-hydrogen) atoms. The van der Waals surface area contributed by atoms with Crippen LogP contribution < -0.4 is 10.1 Å². The first-order chi connectivity index (χ1) is 10.8. The molecule has 1 amide bonds. The molecule has 0 aliphatic carbocycles. The number of rotatable bonds is 4. The minimum Gasteiger partial charge on any atom is -0.473 e. The van der Waals surface area contributed by atoms with E-state index in [-0.39, 0.29) is 18.3 Å². The summed E-state index contributed by atoms with van der Waals surface area (Å²) in [7, 11) is 0.